The maximum Gasteiger partial charge on any atom is 0.223 e. The summed E-state index contributed by atoms with van der Waals surface area (Å²) in [5, 5.41) is 28.0. The molecule has 0 aliphatic heterocycles. The van der Waals surface area contributed by atoms with Crippen molar-refractivity contribution in [2.24, 2.45) is 0 Å². The van der Waals surface area contributed by atoms with Crippen LogP contribution in [0, 0.1) is 6.92 Å². The molecule has 0 aliphatic rings. The fraction of sp³-hybridized carbons (Fsp3) is 0.615. The maximum atomic E-state index is 11.7. The van der Waals surface area contributed by atoms with E-state index < -0.39 is 5.43 Å². The van der Waals surface area contributed by atoms with Gasteiger partial charge in [-0.25, -0.2) is 0 Å². The first-order valence-electron chi connectivity index (χ1n) is 6.41. The lowest BCUT2D eigenvalue weighted by molar-refractivity contribution is 0.189. The number of pyridine rings is 1. The zero-order valence-corrected chi connectivity index (χ0v) is 11.5. The van der Waals surface area contributed by atoms with Crippen molar-refractivity contribution in [3.05, 3.63) is 27.7 Å². The lowest BCUT2D eigenvalue weighted by Gasteiger charge is -2.23. The fourth-order valence-electron chi connectivity index (χ4n) is 2.09. The zero-order chi connectivity index (χ0) is 14.4. The second-order valence-corrected chi connectivity index (χ2v) is 4.41. The van der Waals surface area contributed by atoms with Gasteiger partial charge in [0.05, 0.1) is 18.9 Å². The van der Waals surface area contributed by atoms with Crippen LogP contribution in [0.25, 0.3) is 0 Å². The standard InChI is InChI=1S/C13H22N2O4/c1-3-14(4-6-16)9-11-13(19)12(18)8-10(2)15(11)5-7-17/h8,16-17,19H,3-7,9H2,1-2H3. The molecule has 108 valence electrons. The molecular formula is C13H22N2O4. The summed E-state index contributed by atoms with van der Waals surface area (Å²) in [7, 11) is 0. The van der Waals surface area contributed by atoms with E-state index in [0.29, 0.717) is 37.6 Å². The summed E-state index contributed by atoms with van der Waals surface area (Å²) in [6.45, 7) is 5.51. The number of hydrogen-bond acceptors (Lipinski definition) is 5. The molecule has 0 atom stereocenters. The average molecular weight is 270 g/mol. The highest BCUT2D eigenvalue weighted by Crippen LogP contribution is 2.16. The molecule has 0 fully saturated rings. The van der Waals surface area contributed by atoms with Crippen molar-refractivity contribution in [1.82, 2.24) is 9.47 Å². The SMILES string of the molecule is CCN(CCO)Cc1c(O)c(=O)cc(C)n1CCO. The normalized spacial score (nSPS) is 11.2. The minimum atomic E-state index is -0.415. The van der Waals surface area contributed by atoms with Crippen LogP contribution in [-0.4, -0.2) is 51.1 Å². The van der Waals surface area contributed by atoms with E-state index in [1.54, 1.807) is 11.5 Å². The van der Waals surface area contributed by atoms with E-state index >= 15 is 0 Å². The van der Waals surface area contributed by atoms with Gasteiger partial charge in [-0.3, -0.25) is 9.69 Å². The Balaban J connectivity index is 3.18. The van der Waals surface area contributed by atoms with Crippen molar-refractivity contribution < 1.29 is 15.3 Å². The third-order valence-corrected chi connectivity index (χ3v) is 3.16. The van der Waals surface area contributed by atoms with E-state index in [2.05, 4.69) is 0 Å². The summed E-state index contributed by atoms with van der Waals surface area (Å²) in [6.07, 6.45) is 0. The van der Waals surface area contributed by atoms with Crippen molar-refractivity contribution >= 4 is 0 Å². The van der Waals surface area contributed by atoms with Crippen LogP contribution < -0.4 is 5.43 Å². The van der Waals surface area contributed by atoms with Crippen LogP contribution in [-0.2, 0) is 13.1 Å². The Kier molecular flexibility index (Phi) is 6.01. The number of likely N-dealkylation sites (N-methyl/N-ethyl adjacent to an activating group) is 1. The molecule has 0 spiro atoms. The molecular weight excluding hydrogens is 248 g/mol. The number of aromatic nitrogens is 1. The number of rotatable bonds is 7. The first-order valence-corrected chi connectivity index (χ1v) is 6.41. The minimum absolute atomic E-state index is 0.0185. The van der Waals surface area contributed by atoms with Gasteiger partial charge in [0.2, 0.25) is 5.43 Å². The summed E-state index contributed by atoms with van der Waals surface area (Å²) in [6, 6.07) is 1.36. The molecule has 1 rings (SSSR count). The van der Waals surface area contributed by atoms with Gasteiger partial charge in [-0.2, -0.15) is 0 Å². The Morgan fingerprint density at radius 3 is 2.53 bits per heavy atom. The van der Waals surface area contributed by atoms with Gasteiger partial charge in [-0.15, -0.1) is 0 Å². The number of aromatic hydroxyl groups is 1. The van der Waals surface area contributed by atoms with E-state index in [0.717, 1.165) is 0 Å². The molecule has 1 aromatic heterocycles. The molecule has 3 N–H and O–H groups in total. The van der Waals surface area contributed by atoms with E-state index in [1.807, 2.05) is 11.8 Å². The largest absolute Gasteiger partial charge is 0.503 e. The Labute approximate surface area is 112 Å². The number of nitrogens with zero attached hydrogens (tertiary/aromatic N) is 2. The van der Waals surface area contributed by atoms with Crippen LogP contribution in [0.4, 0.5) is 0 Å². The number of aliphatic hydroxyl groups excluding tert-OH is 2. The highest BCUT2D eigenvalue weighted by Gasteiger charge is 2.15. The lowest BCUT2D eigenvalue weighted by Crippen LogP contribution is -2.29. The summed E-state index contributed by atoms with van der Waals surface area (Å²) in [4.78, 5) is 13.6. The minimum Gasteiger partial charge on any atom is -0.503 e. The van der Waals surface area contributed by atoms with Gasteiger partial charge in [0.1, 0.15) is 0 Å². The first kappa shape index (κ1) is 15.7. The van der Waals surface area contributed by atoms with Gasteiger partial charge in [-0.1, -0.05) is 6.92 Å². The molecule has 6 nitrogen and oxygen atoms in total. The predicted octanol–water partition coefficient (Wildman–Crippen LogP) is -0.331. The van der Waals surface area contributed by atoms with Gasteiger partial charge >= 0.3 is 0 Å². The molecule has 1 heterocycles. The molecule has 0 saturated carbocycles. The summed E-state index contributed by atoms with van der Waals surface area (Å²) < 4.78 is 1.73. The van der Waals surface area contributed by atoms with Crippen molar-refractivity contribution in [1.29, 1.82) is 0 Å². The van der Waals surface area contributed by atoms with Crippen LogP contribution >= 0.6 is 0 Å². The number of aryl methyl sites for hydroxylation is 1. The molecule has 0 aromatic carbocycles. The second kappa shape index (κ2) is 7.28. The second-order valence-electron chi connectivity index (χ2n) is 4.41. The van der Waals surface area contributed by atoms with Crippen molar-refractivity contribution in [2.45, 2.75) is 26.9 Å². The van der Waals surface area contributed by atoms with Crippen molar-refractivity contribution in [2.75, 3.05) is 26.3 Å². The maximum absolute atomic E-state index is 11.7. The Morgan fingerprint density at radius 1 is 1.32 bits per heavy atom. The summed E-state index contributed by atoms with van der Waals surface area (Å²) in [5.41, 5.74) is 0.767. The lowest BCUT2D eigenvalue weighted by atomic mass is 10.2. The average Bonchev–Trinajstić information content (AvgIpc) is 2.39. The molecule has 0 bridgehead atoms. The van der Waals surface area contributed by atoms with Gasteiger partial charge in [-0.05, 0) is 13.5 Å². The van der Waals surface area contributed by atoms with Gasteiger partial charge in [0.15, 0.2) is 5.75 Å². The molecule has 0 saturated heterocycles. The van der Waals surface area contributed by atoms with Crippen molar-refractivity contribution in [3.63, 3.8) is 0 Å². The summed E-state index contributed by atoms with van der Waals surface area (Å²) in [5.74, 6) is -0.282. The van der Waals surface area contributed by atoms with E-state index in [1.165, 1.54) is 6.07 Å². The van der Waals surface area contributed by atoms with Crippen LogP contribution in [0.15, 0.2) is 10.9 Å². The molecule has 0 amide bonds. The highest BCUT2D eigenvalue weighted by molar-refractivity contribution is 5.29. The summed E-state index contributed by atoms with van der Waals surface area (Å²) >= 11 is 0. The Hall–Kier alpha value is -1.37. The third kappa shape index (κ3) is 3.79. The van der Waals surface area contributed by atoms with E-state index in [-0.39, 0.29) is 19.0 Å². The molecule has 1 aromatic rings. The predicted molar refractivity (Wildman–Crippen MR) is 72.2 cm³/mol. The van der Waals surface area contributed by atoms with Crippen LogP contribution in [0.1, 0.15) is 18.3 Å². The number of hydrogen-bond donors (Lipinski definition) is 3. The molecule has 0 radical (unpaired) electrons. The van der Waals surface area contributed by atoms with Gasteiger partial charge in [0.25, 0.3) is 0 Å². The Bertz CT molecular complexity index is 470. The molecule has 19 heavy (non-hydrogen) atoms. The molecule has 6 heteroatoms. The van der Waals surface area contributed by atoms with E-state index in [4.69, 9.17) is 10.2 Å². The smallest absolute Gasteiger partial charge is 0.223 e. The quantitative estimate of drug-likeness (QED) is 0.631. The van der Waals surface area contributed by atoms with E-state index in [9.17, 15) is 9.90 Å². The van der Waals surface area contributed by atoms with Gasteiger partial charge < -0.3 is 19.9 Å². The van der Waals surface area contributed by atoms with Crippen molar-refractivity contribution in [3.8, 4) is 5.75 Å². The number of aliphatic hydroxyl groups is 2. The van der Waals surface area contributed by atoms with Gasteiger partial charge in [0, 0.05) is 31.4 Å². The topological polar surface area (TPSA) is 85.9 Å². The zero-order valence-electron chi connectivity index (χ0n) is 11.5. The van der Waals surface area contributed by atoms with Crippen LogP contribution in [0.5, 0.6) is 5.75 Å². The monoisotopic (exact) mass is 270 g/mol. The molecule has 0 aliphatic carbocycles. The van der Waals surface area contributed by atoms with Crippen LogP contribution in [0.3, 0.4) is 0 Å². The Morgan fingerprint density at radius 2 is 2.00 bits per heavy atom. The highest BCUT2D eigenvalue weighted by atomic mass is 16.3. The van der Waals surface area contributed by atoms with Crippen LogP contribution in [0.2, 0.25) is 0 Å². The molecule has 0 unspecified atom stereocenters. The fourth-order valence-corrected chi connectivity index (χ4v) is 2.09. The third-order valence-electron chi connectivity index (χ3n) is 3.16. The first-order chi connectivity index (χ1) is 9.04.